The molecule has 4 aromatic rings. The Kier molecular flexibility index (Phi) is 6.66. The first-order valence-electron chi connectivity index (χ1n) is 9.94. The molecule has 4 aromatic carbocycles. The van der Waals surface area contributed by atoms with Gasteiger partial charge in [0.05, 0.1) is 18.8 Å². The molecule has 5 heteroatoms. The number of hydrogen-bond acceptors (Lipinski definition) is 3. The molecule has 0 amide bonds. The summed E-state index contributed by atoms with van der Waals surface area (Å²) in [5.41, 5.74) is 3.13. The molecule has 0 aromatic heterocycles. The van der Waals surface area contributed by atoms with Crippen LogP contribution in [0.1, 0.15) is 16.7 Å². The monoisotopic (exact) mass is 459 g/mol. The van der Waals surface area contributed by atoms with Gasteiger partial charge in [-0.05, 0) is 46.7 Å². The van der Waals surface area contributed by atoms with Crippen molar-refractivity contribution >= 4 is 45.6 Å². The van der Waals surface area contributed by atoms with E-state index in [4.69, 9.17) is 32.7 Å². The molecule has 0 aliphatic carbocycles. The lowest BCUT2D eigenvalue weighted by Crippen LogP contribution is -1.98. The number of halogens is 2. The van der Waals surface area contributed by atoms with Crippen molar-refractivity contribution in [2.45, 2.75) is 6.61 Å². The highest BCUT2D eigenvalue weighted by molar-refractivity contribution is 6.35. The van der Waals surface area contributed by atoms with Gasteiger partial charge in [0.15, 0.2) is 11.5 Å². The van der Waals surface area contributed by atoms with Gasteiger partial charge in [0, 0.05) is 21.2 Å². The second kappa shape index (κ2) is 9.78. The van der Waals surface area contributed by atoms with E-state index in [1.807, 2.05) is 72.8 Å². The first-order valence-corrected chi connectivity index (χ1v) is 10.7. The summed E-state index contributed by atoms with van der Waals surface area (Å²) in [5, 5.41) is 13.1. The van der Waals surface area contributed by atoms with Crippen LogP contribution in [0.5, 0.6) is 11.5 Å². The van der Waals surface area contributed by atoms with Gasteiger partial charge in [-0.3, -0.25) is 0 Å². The third-order valence-electron chi connectivity index (χ3n) is 5.10. The Hall–Kier alpha value is -3.45. The molecule has 32 heavy (non-hydrogen) atoms. The van der Waals surface area contributed by atoms with Crippen LogP contribution >= 0.6 is 23.2 Å². The molecule has 0 saturated heterocycles. The second-order valence-electron chi connectivity index (χ2n) is 7.13. The van der Waals surface area contributed by atoms with E-state index in [-0.39, 0.29) is 6.61 Å². The molecule has 0 atom stereocenters. The first-order chi connectivity index (χ1) is 15.6. The fourth-order valence-electron chi connectivity index (χ4n) is 3.48. The van der Waals surface area contributed by atoms with E-state index >= 15 is 0 Å². The minimum absolute atomic E-state index is 0.279. The summed E-state index contributed by atoms with van der Waals surface area (Å²) in [6.45, 7) is 0.279. The lowest BCUT2D eigenvalue weighted by atomic mass is 9.97. The van der Waals surface area contributed by atoms with Gasteiger partial charge < -0.3 is 9.47 Å². The standard InChI is InChI=1S/C27H19Cl2NO2/c1-31-27-14-18(9-12-26(27)32-17-20-10-11-22(28)15-25(20)29)13-21(16-30)24-8-4-6-19-5-2-3-7-23(19)24/h2-15H,17H2,1H3/b21-13-. The van der Waals surface area contributed by atoms with Gasteiger partial charge in [0.2, 0.25) is 0 Å². The highest BCUT2D eigenvalue weighted by Gasteiger charge is 2.10. The molecule has 0 heterocycles. The van der Waals surface area contributed by atoms with Crippen molar-refractivity contribution in [3.05, 3.63) is 106 Å². The summed E-state index contributed by atoms with van der Waals surface area (Å²) >= 11 is 12.2. The normalized spacial score (nSPS) is 11.2. The van der Waals surface area contributed by atoms with Crippen molar-refractivity contribution < 1.29 is 9.47 Å². The Morgan fingerprint density at radius 2 is 1.75 bits per heavy atom. The second-order valence-corrected chi connectivity index (χ2v) is 7.97. The van der Waals surface area contributed by atoms with Crippen LogP contribution in [0.4, 0.5) is 0 Å². The maximum Gasteiger partial charge on any atom is 0.161 e. The highest BCUT2D eigenvalue weighted by Crippen LogP contribution is 2.32. The van der Waals surface area contributed by atoms with Gasteiger partial charge in [-0.15, -0.1) is 0 Å². The minimum atomic E-state index is 0.279. The van der Waals surface area contributed by atoms with Gasteiger partial charge in [-0.25, -0.2) is 0 Å². The van der Waals surface area contributed by atoms with E-state index in [9.17, 15) is 5.26 Å². The zero-order chi connectivity index (χ0) is 22.5. The van der Waals surface area contributed by atoms with Crippen molar-refractivity contribution in [3.63, 3.8) is 0 Å². The molecule has 0 radical (unpaired) electrons. The number of nitriles is 1. The summed E-state index contributed by atoms with van der Waals surface area (Å²) in [5.74, 6) is 1.15. The third kappa shape index (κ3) is 4.73. The quantitative estimate of drug-likeness (QED) is 0.218. The Labute approximate surface area is 197 Å². The topological polar surface area (TPSA) is 42.2 Å². The molecule has 0 N–H and O–H groups in total. The van der Waals surface area contributed by atoms with Crippen LogP contribution in [0.15, 0.2) is 78.9 Å². The fourth-order valence-corrected chi connectivity index (χ4v) is 3.95. The molecule has 158 valence electrons. The molecule has 0 aliphatic heterocycles. The summed E-state index contributed by atoms with van der Waals surface area (Å²) in [7, 11) is 1.58. The zero-order valence-electron chi connectivity index (χ0n) is 17.3. The predicted molar refractivity (Wildman–Crippen MR) is 131 cm³/mol. The van der Waals surface area contributed by atoms with Crippen LogP contribution in [0, 0.1) is 11.3 Å². The number of hydrogen-bond donors (Lipinski definition) is 0. The molecular formula is C27H19Cl2NO2. The molecule has 4 rings (SSSR count). The van der Waals surface area contributed by atoms with Gasteiger partial charge >= 0.3 is 0 Å². The molecule has 3 nitrogen and oxygen atoms in total. The lowest BCUT2D eigenvalue weighted by molar-refractivity contribution is 0.284. The van der Waals surface area contributed by atoms with E-state index in [1.165, 1.54) is 0 Å². The SMILES string of the molecule is COc1cc(/C=C(/C#N)c2cccc3ccccc23)ccc1OCc1ccc(Cl)cc1Cl. The minimum Gasteiger partial charge on any atom is -0.493 e. The lowest BCUT2D eigenvalue weighted by Gasteiger charge is -2.13. The largest absolute Gasteiger partial charge is 0.493 e. The van der Waals surface area contributed by atoms with Crippen molar-refractivity contribution in [2.24, 2.45) is 0 Å². The maximum atomic E-state index is 9.84. The summed E-state index contributed by atoms with van der Waals surface area (Å²) in [6.07, 6.45) is 1.85. The van der Waals surface area contributed by atoms with Gasteiger partial charge in [-0.2, -0.15) is 5.26 Å². The number of methoxy groups -OCH3 is 1. The molecule has 0 bridgehead atoms. The molecule has 0 fully saturated rings. The van der Waals surface area contributed by atoms with Crippen molar-refractivity contribution in [3.8, 4) is 17.6 Å². The molecular weight excluding hydrogens is 441 g/mol. The average molecular weight is 460 g/mol. The summed E-state index contributed by atoms with van der Waals surface area (Å²) < 4.78 is 11.4. The zero-order valence-corrected chi connectivity index (χ0v) is 18.8. The van der Waals surface area contributed by atoms with Crippen LogP contribution < -0.4 is 9.47 Å². The van der Waals surface area contributed by atoms with Crippen LogP contribution in [0.2, 0.25) is 10.0 Å². The maximum absolute atomic E-state index is 9.84. The number of nitrogens with zero attached hydrogens (tertiary/aromatic N) is 1. The molecule has 0 spiro atoms. The number of ether oxygens (including phenoxy) is 2. The Morgan fingerprint density at radius 1 is 0.938 bits per heavy atom. The van der Waals surface area contributed by atoms with E-state index in [0.29, 0.717) is 27.1 Å². The van der Waals surface area contributed by atoms with E-state index < -0.39 is 0 Å². The first kappa shape index (κ1) is 21.8. The third-order valence-corrected chi connectivity index (χ3v) is 5.68. The van der Waals surface area contributed by atoms with E-state index in [0.717, 1.165) is 27.5 Å². The van der Waals surface area contributed by atoms with E-state index in [1.54, 1.807) is 19.2 Å². The molecule has 0 saturated carbocycles. The van der Waals surface area contributed by atoms with Gasteiger partial charge in [0.1, 0.15) is 6.61 Å². The van der Waals surface area contributed by atoms with Crippen molar-refractivity contribution in [2.75, 3.05) is 7.11 Å². The van der Waals surface area contributed by atoms with Crippen LogP contribution in [0.25, 0.3) is 22.4 Å². The Bertz CT molecular complexity index is 1350. The summed E-state index contributed by atoms with van der Waals surface area (Å²) in [6, 6.07) is 27.2. The van der Waals surface area contributed by atoms with Crippen molar-refractivity contribution in [1.82, 2.24) is 0 Å². The Balaban J connectivity index is 1.63. The smallest absolute Gasteiger partial charge is 0.161 e. The number of rotatable bonds is 6. The predicted octanol–water partition coefficient (Wildman–Crippen LogP) is 7.80. The molecule has 0 unspecified atom stereocenters. The molecule has 0 aliphatic rings. The van der Waals surface area contributed by atoms with Gasteiger partial charge in [-0.1, -0.05) is 77.8 Å². The number of fused-ring (bicyclic) bond motifs is 1. The van der Waals surface area contributed by atoms with Gasteiger partial charge in [0.25, 0.3) is 0 Å². The van der Waals surface area contributed by atoms with Crippen molar-refractivity contribution in [1.29, 1.82) is 5.26 Å². The van der Waals surface area contributed by atoms with E-state index in [2.05, 4.69) is 6.07 Å². The number of allylic oxidation sites excluding steroid dienone is 1. The summed E-state index contributed by atoms with van der Waals surface area (Å²) in [4.78, 5) is 0. The highest BCUT2D eigenvalue weighted by atomic mass is 35.5. The van der Waals surface area contributed by atoms with Crippen LogP contribution in [-0.4, -0.2) is 7.11 Å². The average Bonchev–Trinajstić information content (AvgIpc) is 2.82. The number of benzene rings is 4. The fraction of sp³-hybridized carbons (Fsp3) is 0.0741. The van der Waals surface area contributed by atoms with Crippen LogP contribution in [0.3, 0.4) is 0 Å². The van der Waals surface area contributed by atoms with Crippen LogP contribution in [-0.2, 0) is 6.61 Å². The Morgan fingerprint density at radius 3 is 2.53 bits per heavy atom.